The largest absolute Gasteiger partial charge is 0.453 e. The number of aromatic nitrogens is 1. The first-order valence-electron chi connectivity index (χ1n) is 7.69. The number of amides is 2. The molecule has 0 radical (unpaired) electrons. The molecule has 0 aliphatic carbocycles. The Morgan fingerprint density at radius 3 is 2.58 bits per heavy atom. The molecule has 2 rings (SSSR count). The number of ether oxygens (including phenoxy) is 1. The number of aryl methyl sites for hydroxylation is 1. The Kier molecular flexibility index (Phi) is 6.31. The summed E-state index contributed by atoms with van der Waals surface area (Å²) in [5.41, 5.74) is 3.49. The van der Waals surface area contributed by atoms with Gasteiger partial charge in [-0.2, -0.15) is 0 Å². The summed E-state index contributed by atoms with van der Waals surface area (Å²) < 4.78 is 4.50. The first-order valence-corrected chi connectivity index (χ1v) is 7.69. The molecule has 24 heavy (non-hydrogen) atoms. The fourth-order valence-corrected chi connectivity index (χ4v) is 2.13. The van der Waals surface area contributed by atoms with Crippen LogP contribution in [0.1, 0.15) is 27.2 Å². The van der Waals surface area contributed by atoms with Crippen molar-refractivity contribution in [3.05, 3.63) is 65.0 Å². The van der Waals surface area contributed by atoms with E-state index in [1.165, 1.54) is 18.2 Å². The summed E-state index contributed by atoms with van der Waals surface area (Å²) in [6.07, 6.45) is 1.78. The van der Waals surface area contributed by atoms with Gasteiger partial charge in [-0.15, -0.1) is 0 Å². The lowest BCUT2D eigenvalue weighted by Crippen LogP contribution is -2.26. The molecule has 0 atom stereocenters. The van der Waals surface area contributed by atoms with E-state index >= 15 is 0 Å². The molecular weight excluding hydrogens is 306 g/mol. The fourth-order valence-electron chi connectivity index (χ4n) is 2.13. The molecule has 126 valence electrons. The SMILES string of the molecule is COC(=O)NCc1cc(C(=O)NCCc2ccc(C)cc2)ccn1. The van der Waals surface area contributed by atoms with Gasteiger partial charge in [0.25, 0.3) is 5.91 Å². The van der Waals surface area contributed by atoms with Gasteiger partial charge in [0.1, 0.15) is 0 Å². The normalized spacial score (nSPS) is 10.1. The molecule has 1 aromatic heterocycles. The third-order valence-electron chi connectivity index (χ3n) is 3.50. The van der Waals surface area contributed by atoms with Crippen LogP contribution in [0.25, 0.3) is 0 Å². The average Bonchev–Trinajstić information content (AvgIpc) is 2.61. The Morgan fingerprint density at radius 2 is 1.88 bits per heavy atom. The number of benzene rings is 1. The molecule has 0 saturated carbocycles. The van der Waals surface area contributed by atoms with Gasteiger partial charge < -0.3 is 15.4 Å². The van der Waals surface area contributed by atoms with Gasteiger partial charge in [0.15, 0.2) is 0 Å². The minimum atomic E-state index is -0.537. The van der Waals surface area contributed by atoms with Crippen molar-refractivity contribution < 1.29 is 14.3 Å². The fraction of sp³-hybridized carbons (Fsp3) is 0.278. The molecule has 6 nitrogen and oxygen atoms in total. The van der Waals surface area contributed by atoms with Crippen LogP contribution in [0.5, 0.6) is 0 Å². The van der Waals surface area contributed by atoms with Crippen LogP contribution < -0.4 is 10.6 Å². The molecule has 1 aromatic carbocycles. The maximum Gasteiger partial charge on any atom is 0.407 e. The number of methoxy groups -OCH3 is 1. The van der Waals surface area contributed by atoms with E-state index in [1.54, 1.807) is 18.3 Å². The van der Waals surface area contributed by atoms with Gasteiger partial charge in [-0.3, -0.25) is 9.78 Å². The Bertz CT molecular complexity index is 699. The minimum Gasteiger partial charge on any atom is -0.453 e. The number of rotatable bonds is 6. The van der Waals surface area contributed by atoms with Crippen molar-refractivity contribution in [1.82, 2.24) is 15.6 Å². The molecule has 0 fully saturated rings. The first kappa shape index (κ1) is 17.5. The zero-order valence-corrected chi connectivity index (χ0v) is 13.8. The summed E-state index contributed by atoms with van der Waals surface area (Å²) in [4.78, 5) is 27.4. The van der Waals surface area contributed by atoms with E-state index in [0.717, 1.165) is 6.42 Å². The number of carbonyl (C=O) groups excluding carboxylic acids is 2. The zero-order valence-electron chi connectivity index (χ0n) is 13.8. The number of nitrogens with zero attached hydrogens (tertiary/aromatic N) is 1. The number of pyridine rings is 1. The summed E-state index contributed by atoms with van der Waals surface area (Å²) in [5, 5.41) is 5.42. The van der Waals surface area contributed by atoms with Gasteiger partial charge in [-0.1, -0.05) is 29.8 Å². The molecule has 0 saturated heterocycles. The van der Waals surface area contributed by atoms with E-state index in [0.29, 0.717) is 17.8 Å². The smallest absolute Gasteiger partial charge is 0.407 e. The van der Waals surface area contributed by atoms with Crippen LogP contribution in [0.15, 0.2) is 42.6 Å². The third kappa shape index (κ3) is 5.39. The number of nitrogens with one attached hydrogen (secondary N) is 2. The Hall–Kier alpha value is -2.89. The lowest BCUT2D eigenvalue weighted by molar-refractivity contribution is 0.0954. The van der Waals surface area contributed by atoms with E-state index in [4.69, 9.17) is 0 Å². The van der Waals surface area contributed by atoms with Crippen molar-refractivity contribution in [2.75, 3.05) is 13.7 Å². The third-order valence-corrected chi connectivity index (χ3v) is 3.50. The summed E-state index contributed by atoms with van der Waals surface area (Å²) in [5.74, 6) is -0.163. The van der Waals surface area contributed by atoms with E-state index < -0.39 is 6.09 Å². The molecule has 1 heterocycles. The lowest BCUT2D eigenvalue weighted by Gasteiger charge is -2.07. The minimum absolute atomic E-state index is 0.163. The topological polar surface area (TPSA) is 80.3 Å². The number of carbonyl (C=O) groups is 2. The van der Waals surface area contributed by atoms with Crippen LogP contribution in [-0.4, -0.2) is 30.6 Å². The van der Waals surface area contributed by atoms with E-state index in [9.17, 15) is 9.59 Å². The molecule has 0 unspecified atom stereocenters. The van der Waals surface area contributed by atoms with Crippen LogP contribution >= 0.6 is 0 Å². The zero-order chi connectivity index (χ0) is 17.4. The molecule has 2 aromatic rings. The molecule has 2 amide bonds. The number of alkyl carbamates (subject to hydrolysis) is 1. The van der Waals surface area contributed by atoms with Gasteiger partial charge in [-0.05, 0) is 31.0 Å². The van der Waals surface area contributed by atoms with Crippen LogP contribution in [0.3, 0.4) is 0 Å². The highest BCUT2D eigenvalue weighted by Gasteiger charge is 2.07. The number of hydrogen-bond acceptors (Lipinski definition) is 4. The molecular formula is C18H21N3O3. The van der Waals surface area contributed by atoms with Crippen molar-refractivity contribution >= 4 is 12.0 Å². The van der Waals surface area contributed by atoms with Gasteiger partial charge in [0, 0.05) is 18.3 Å². The maximum absolute atomic E-state index is 12.2. The van der Waals surface area contributed by atoms with Crippen LogP contribution in [0.2, 0.25) is 0 Å². The van der Waals surface area contributed by atoms with Gasteiger partial charge in [0.05, 0.1) is 19.3 Å². The van der Waals surface area contributed by atoms with Crippen LogP contribution in [0, 0.1) is 6.92 Å². The second kappa shape index (κ2) is 8.67. The predicted octanol–water partition coefficient (Wildman–Crippen LogP) is 2.22. The van der Waals surface area contributed by atoms with E-state index in [-0.39, 0.29) is 12.5 Å². The van der Waals surface area contributed by atoms with Crippen molar-refractivity contribution in [3.63, 3.8) is 0 Å². The molecule has 0 aliphatic rings. The molecule has 0 spiro atoms. The highest BCUT2D eigenvalue weighted by Crippen LogP contribution is 2.05. The van der Waals surface area contributed by atoms with Crippen molar-refractivity contribution in [1.29, 1.82) is 0 Å². The Labute approximate surface area is 141 Å². The predicted molar refractivity (Wildman–Crippen MR) is 90.7 cm³/mol. The molecule has 2 N–H and O–H groups in total. The lowest BCUT2D eigenvalue weighted by atomic mass is 10.1. The van der Waals surface area contributed by atoms with Crippen molar-refractivity contribution in [3.8, 4) is 0 Å². The Morgan fingerprint density at radius 1 is 1.12 bits per heavy atom. The number of hydrogen-bond donors (Lipinski definition) is 2. The first-order chi connectivity index (χ1) is 11.6. The van der Waals surface area contributed by atoms with E-state index in [2.05, 4.69) is 44.6 Å². The summed E-state index contributed by atoms with van der Waals surface area (Å²) >= 11 is 0. The van der Waals surface area contributed by atoms with Crippen LogP contribution in [0.4, 0.5) is 4.79 Å². The monoisotopic (exact) mass is 327 g/mol. The second-order valence-electron chi connectivity index (χ2n) is 5.37. The van der Waals surface area contributed by atoms with E-state index in [1.807, 2.05) is 6.92 Å². The quantitative estimate of drug-likeness (QED) is 0.852. The molecule has 0 bridgehead atoms. The van der Waals surface area contributed by atoms with Crippen molar-refractivity contribution in [2.45, 2.75) is 19.9 Å². The van der Waals surface area contributed by atoms with Crippen molar-refractivity contribution in [2.24, 2.45) is 0 Å². The molecule has 0 aliphatic heterocycles. The summed E-state index contributed by atoms with van der Waals surface area (Å²) in [6, 6.07) is 11.5. The maximum atomic E-state index is 12.2. The Balaban J connectivity index is 1.85. The van der Waals surface area contributed by atoms with Gasteiger partial charge >= 0.3 is 6.09 Å². The second-order valence-corrected chi connectivity index (χ2v) is 5.37. The standard InChI is InChI=1S/C18H21N3O3/c1-13-3-5-14(6-4-13)7-9-20-17(22)15-8-10-19-16(11-15)12-21-18(23)24-2/h3-6,8,10-11H,7,9,12H2,1-2H3,(H,20,22)(H,21,23). The summed E-state index contributed by atoms with van der Waals surface area (Å²) in [6.45, 7) is 2.80. The summed E-state index contributed by atoms with van der Waals surface area (Å²) in [7, 11) is 1.29. The highest BCUT2D eigenvalue weighted by atomic mass is 16.5. The molecule has 6 heteroatoms. The van der Waals surface area contributed by atoms with Gasteiger partial charge in [0.2, 0.25) is 0 Å². The van der Waals surface area contributed by atoms with Gasteiger partial charge in [-0.25, -0.2) is 4.79 Å². The highest BCUT2D eigenvalue weighted by molar-refractivity contribution is 5.94. The van der Waals surface area contributed by atoms with Crippen LogP contribution in [-0.2, 0) is 17.7 Å². The average molecular weight is 327 g/mol.